The van der Waals surface area contributed by atoms with Crippen molar-refractivity contribution >= 4 is 0 Å². The average Bonchev–Trinajstić information content (AvgIpc) is 3.03. The Labute approximate surface area is 157 Å². The SMILES string of the molecule is COc1ccc(C2c3c(C)nn(-c4ccccc4)c3OC(N)C2C#N)cc1. The molecule has 3 atom stereocenters. The summed E-state index contributed by atoms with van der Waals surface area (Å²) in [7, 11) is 1.63. The molecule has 0 saturated carbocycles. The minimum absolute atomic E-state index is 0.225. The molecular weight excluding hydrogens is 340 g/mol. The van der Waals surface area contributed by atoms with Crippen LogP contribution in [0.4, 0.5) is 0 Å². The van der Waals surface area contributed by atoms with Gasteiger partial charge >= 0.3 is 0 Å². The number of fused-ring (bicyclic) bond motifs is 1. The molecule has 27 heavy (non-hydrogen) atoms. The van der Waals surface area contributed by atoms with Crippen LogP contribution in [0.15, 0.2) is 54.6 Å². The lowest BCUT2D eigenvalue weighted by atomic mass is 9.79. The van der Waals surface area contributed by atoms with Crippen LogP contribution in [0.3, 0.4) is 0 Å². The standard InChI is InChI=1S/C21H20N4O2/c1-13-18-19(14-8-10-16(26-2)11-9-14)17(12-22)20(23)27-21(18)25(24-13)15-6-4-3-5-7-15/h3-11,17,19-20H,23H2,1-2H3. The number of aryl methyl sites for hydroxylation is 1. The maximum absolute atomic E-state index is 9.77. The van der Waals surface area contributed by atoms with Crippen molar-refractivity contribution in [1.82, 2.24) is 9.78 Å². The molecular formula is C21H20N4O2. The van der Waals surface area contributed by atoms with Crippen LogP contribution in [0.1, 0.15) is 22.7 Å². The highest BCUT2D eigenvalue weighted by Crippen LogP contribution is 2.45. The van der Waals surface area contributed by atoms with E-state index in [2.05, 4.69) is 11.2 Å². The van der Waals surface area contributed by atoms with Crippen molar-refractivity contribution in [3.05, 3.63) is 71.4 Å². The third kappa shape index (κ3) is 2.82. The average molecular weight is 360 g/mol. The number of rotatable bonds is 3. The first-order valence-corrected chi connectivity index (χ1v) is 8.74. The Morgan fingerprint density at radius 1 is 1.15 bits per heavy atom. The second kappa shape index (κ2) is 6.78. The summed E-state index contributed by atoms with van der Waals surface area (Å²) < 4.78 is 13.0. The van der Waals surface area contributed by atoms with Gasteiger partial charge < -0.3 is 9.47 Å². The van der Waals surface area contributed by atoms with Crippen LogP contribution in [0, 0.1) is 24.2 Å². The summed E-state index contributed by atoms with van der Waals surface area (Å²) in [5.74, 6) is 0.620. The molecule has 1 aliphatic rings. The van der Waals surface area contributed by atoms with E-state index < -0.39 is 12.1 Å². The highest BCUT2D eigenvalue weighted by molar-refractivity contribution is 5.50. The highest BCUT2D eigenvalue weighted by atomic mass is 16.5. The fourth-order valence-corrected chi connectivity index (χ4v) is 3.64. The van der Waals surface area contributed by atoms with Crippen LogP contribution in [0.5, 0.6) is 11.6 Å². The van der Waals surface area contributed by atoms with Gasteiger partial charge in [0.2, 0.25) is 5.88 Å². The third-order valence-corrected chi connectivity index (χ3v) is 4.96. The van der Waals surface area contributed by atoms with Crippen LogP contribution in [-0.4, -0.2) is 23.1 Å². The van der Waals surface area contributed by atoms with E-state index in [1.165, 1.54) is 0 Å². The quantitative estimate of drug-likeness (QED) is 0.775. The monoisotopic (exact) mass is 360 g/mol. The van der Waals surface area contributed by atoms with Crippen LogP contribution < -0.4 is 15.2 Å². The maximum Gasteiger partial charge on any atom is 0.222 e. The summed E-state index contributed by atoms with van der Waals surface area (Å²) in [6.45, 7) is 1.93. The summed E-state index contributed by atoms with van der Waals surface area (Å²) in [5.41, 5.74) is 9.83. The maximum atomic E-state index is 9.77. The van der Waals surface area contributed by atoms with E-state index in [0.29, 0.717) is 5.88 Å². The number of nitrogens with zero attached hydrogens (tertiary/aromatic N) is 3. The zero-order valence-electron chi connectivity index (χ0n) is 15.2. The van der Waals surface area contributed by atoms with Gasteiger partial charge in [-0.05, 0) is 36.8 Å². The lowest BCUT2D eigenvalue weighted by molar-refractivity contribution is 0.125. The van der Waals surface area contributed by atoms with E-state index in [-0.39, 0.29) is 5.92 Å². The number of methoxy groups -OCH3 is 1. The molecule has 0 saturated heterocycles. The second-order valence-corrected chi connectivity index (χ2v) is 6.54. The number of hydrogen-bond acceptors (Lipinski definition) is 5. The molecule has 0 fully saturated rings. The first kappa shape index (κ1) is 17.1. The summed E-state index contributed by atoms with van der Waals surface area (Å²) >= 11 is 0. The van der Waals surface area contributed by atoms with E-state index in [1.807, 2.05) is 61.5 Å². The molecule has 0 spiro atoms. The Bertz CT molecular complexity index is 990. The van der Waals surface area contributed by atoms with Crippen molar-refractivity contribution in [2.75, 3.05) is 7.11 Å². The van der Waals surface area contributed by atoms with Crippen LogP contribution in [-0.2, 0) is 0 Å². The molecule has 3 unspecified atom stereocenters. The Hall–Kier alpha value is -3.30. The van der Waals surface area contributed by atoms with Crippen molar-refractivity contribution in [1.29, 1.82) is 5.26 Å². The van der Waals surface area contributed by atoms with Crippen LogP contribution in [0.2, 0.25) is 0 Å². The summed E-state index contributed by atoms with van der Waals surface area (Å²) in [5, 5.41) is 14.4. The minimum atomic E-state index is -0.742. The molecule has 4 rings (SSSR count). The molecule has 1 aliphatic heterocycles. The Kier molecular flexibility index (Phi) is 4.30. The van der Waals surface area contributed by atoms with E-state index in [4.69, 9.17) is 15.2 Å². The van der Waals surface area contributed by atoms with E-state index in [9.17, 15) is 5.26 Å². The van der Waals surface area contributed by atoms with Crippen molar-refractivity contribution in [2.45, 2.75) is 19.1 Å². The zero-order chi connectivity index (χ0) is 19.0. The van der Waals surface area contributed by atoms with Gasteiger partial charge in [0, 0.05) is 11.5 Å². The molecule has 1 aromatic heterocycles. The molecule has 0 bridgehead atoms. The number of nitriles is 1. The number of benzene rings is 2. The van der Waals surface area contributed by atoms with Gasteiger partial charge in [-0.15, -0.1) is 0 Å². The van der Waals surface area contributed by atoms with Crippen LogP contribution in [0.25, 0.3) is 5.69 Å². The number of aromatic nitrogens is 2. The third-order valence-electron chi connectivity index (χ3n) is 4.96. The molecule has 2 heterocycles. The smallest absolute Gasteiger partial charge is 0.222 e. The van der Waals surface area contributed by atoms with Gasteiger partial charge in [0.25, 0.3) is 0 Å². The number of hydrogen-bond donors (Lipinski definition) is 1. The first-order valence-electron chi connectivity index (χ1n) is 8.74. The van der Waals surface area contributed by atoms with Gasteiger partial charge in [0.05, 0.1) is 24.6 Å². The van der Waals surface area contributed by atoms with Crippen molar-refractivity contribution in [3.8, 4) is 23.4 Å². The summed E-state index contributed by atoms with van der Waals surface area (Å²) in [4.78, 5) is 0. The largest absolute Gasteiger partial charge is 0.497 e. The van der Waals surface area contributed by atoms with Crippen molar-refractivity contribution in [2.24, 2.45) is 11.7 Å². The van der Waals surface area contributed by atoms with Gasteiger partial charge in [-0.2, -0.15) is 10.4 Å². The molecule has 6 heteroatoms. The molecule has 2 aromatic carbocycles. The predicted molar refractivity (Wildman–Crippen MR) is 101 cm³/mol. The molecule has 3 aromatic rings. The molecule has 6 nitrogen and oxygen atoms in total. The number of para-hydroxylation sites is 1. The van der Waals surface area contributed by atoms with Gasteiger partial charge in [-0.25, -0.2) is 4.68 Å². The zero-order valence-corrected chi connectivity index (χ0v) is 15.2. The fourth-order valence-electron chi connectivity index (χ4n) is 3.64. The normalized spacial score (nSPS) is 21.0. The van der Waals surface area contributed by atoms with Gasteiger partial charge in [-0.1, -0.05) is 30.3 Å². The van der Waals surface area contributed by atoms with Crippen molar-refractivity contribution < 1.29 is 9.47 Å². The molecule has 0 radical (unpaired) electrons. The Balaban J connectivity index is 1.89. The fraction of sp³-hybridized carbons (Fsp3) is 0.238. The highest BCUT2D eigenvalue weighted by Gasteiger charge is 2.41. The van der Waals surface area contributed by atoms with Gasteiger partial charge in [0.1, 0.15) is 11.7 Å². The topological polar surface area (TPSA) is 86.1 Å². The molecule has 2 N–H and O–H groups in total. The molecule has 0 aliphatic carbocycles. The first-order chi connectivity index (χ1) is 13.1. The summed E-state index contributed by atoms with van der Waals surface area (Å²) in [6, 6.07) is 19.8. The lowest BCUT2D eigenvalue weighted by Gasteiger charge is -2.33. The van der Waals surface area contributed by atoms with Gasteiger partial charge in [-0.3, -0.25) is 5.73 Å². The second-order valence-electron chi connectivity index (χ2n) is 6.54. The van der Waals surface area contributed by atoms with Crippen molar-refractivity contribution in [3.63, 3.8) is 0 Å². The van der Waals surface area contributed by atoms with E-state index in [1.54, 1.807) is 11.8 Å². The Morgan fingerprint density at radius 2 is 1.85 bits per heavy atom. The predicted octanol–water partition coefficient (Wildman–Crippen LogP) is 3.14. The lowest BCUT2D eigenvalue weighted by Crippen LogP contribution is -2.42. The summed E-state index contributed by atoms with van der Waals surface area (Å²) in [6.07, 6.45) is -0.742. The van der Waals surface area contributed by atoms with E-state index >= 15 is 0 Å². The van der Waals surface area contributed by atoms with Gasteiger partial charge in [0.15, 0.2) is 6.23 Å². The number of ether oxygens (including phenoxy) is 2. The number of nitrogens with two attached hydrogens (primary N) is 1. The van der Waals surface area contributed by atoms with Crippen LogP contribution >= 0.6 is 0 Å². The Morgan fingerprint density at radius 3 is 2.48 bits per heavy atom. The van der Waals surface area contributed by atoms with E-state index in [0.717, 1.165) is 28.3 Å². The minimum Gasteiger partial charge on any atom is -0.497 e. The molecule has 0 amide bonds. The molecule has 136 valence electrons.